The fraction of sp³-hybridized carbons (Fsp3) is 0.688. The van der Waals surface area contributed by atoms with Crippen LogP contribution in [0.3, 0.4) is 0 Å². The molecule has 5 aliphatic heterocycles. The normalized spacial score (nSPS) is 35.2. The van der Waals surface area contributed by atoms with Crippen molar-refractivity contribution in [2.75, 3.05) is 6.54 Å². The lowest BCUT2D eigenvalue weighted by molar-refractivity contribution is -0.122. The second kappa shape index (κ2) is 20.7. The molecule has 5 aliphatic rings. The molecule has 0 aromatic rings. The zero-order valence-corrected chi connectivity index (χ0v) is 43.5. The molecule has 3 saturated heterocycles. The van der Waals surface area contributed by atoms with Gasteiger partial charge >= 0.3 is 7.82 Å². The molecule has 7 amide bonds. The average Bonchev–Trinajstić information content (AvgIpc) is 3.83. The predicted molar refractivity (Wildman–Crippen MR) is 263 cm³/mol. The number of rotatable bonds is 22. The van der Waals surface area contributed by atoms with Crippen molar-refractivity contribution in [1.29, 1.82) is 0 Å². The van der Waals surface area contributed by atoms with Crippen LogP contribution in [0.4, 0.5) is 0 Å². The fourth-order valence-electron chi connectivity index (χ4n) is 13.1. The van der Waals surface area contributed by atoms with Gasteiger partial charge in [0, 0.05) is 108 Å². The number of allylic oxidation sites excluding steroid dienone is 3. The van der Waals surface area contributed by atoms with E-state index in [-0.39, 0.29) is 76.7 Å². The van der Waals surface area contributed by atoms with Crippen molar-refractivity contribution in [2.24, 2.45) is 73.8 Å². The Hall–Kier alpha value is -5.28. The van der Waals surface area contributed by atoms with E-state index in [2.05, 4.69) is 32.7 Å². The molecule has 0 aromatic heterocycles. The van der Waals surface area contributed by atoms with Crippen molar-refractivity contribution in [3.05, 3.63) is 45.6 Å². The fourth-order valence-corrected chi connectivity index (χ4v) is 13.7. The van der Waals surface area contributed by atoms with Crippen LogP contribution in [0.2, 0.25) is 0 Å². The minimum atomic E-state index is -4.85. The first-order chi connectivity index (χ1) is 32.6. The smallest absolute Gasteiger partial charge is 0.381 e. The molecule has 0 aliphatic carbocycles. The molecule has 5 heterocycles. The third-order valence-corrected chi connectivity index (χ3v) is 17.5. The number of phosphoric ester groups is 1. The summed E-state index contributed by atoms with van der Waals surface area (Å²) < 4.78 is 16.3. The highest BCUT2D eigenvalue weighted by Gasteiger charge is 2.65. The number of primary amides is 6. The molecule has 396 valence electrons. The number of hydrogen-bond acceptors (Lipinski definition) is 13. The second-order valence-corrected chi connectivity index (χ2v) is 23.3. The SMILES string of the molecule is C/C1=C2/NC(/C=C3\N/C(=C(/C)C4NC(=C(CC(N)=O)[C@@]4(C)CCC(=O)NC[C@@H](C)OP(=O)(O)O)[C@]4(C)NC1[C@@H](CCC(N)=O)[C@]4(C)CC(N)=O)[C@@H](CCC(N)=O)C3(C)C)[C@@H](CCC(N)=O)[C@]2(C)CC(N)=O. The van der Waals surface area contributed by atoms with Crippen LogP contribution >= 0.6 is 7.82 Å². The van der Waals surface area contributed by atoms with E-state index in [1.54, 1.807) is 0 Å². The van der Waals surface area contributed by atoms with E-state index < -0.39 is 112 Å². The molecular formula is C48H78N11O11P. The Kier molecular flexibility index (Phi) is 16.5. The number of carbonyl (C=O) groups is 7. The quantitative estimate of drug-likeness (QED) is 0.0663. The molecule has 3 fully saturated rings. The highest BCUT2D eigenvalue weighted by atomic mass is 31.2. The Labute approximate surface area is 415 Å². The zero-order valence-electron chi connectivity index (χ0n) is 42.6. The maximum Gasteiger partial charge on any atom is 0.469 e. The van der Waals surface area contributed by atoms with Gasteiger partial charge in [-0.2, -0.15) is 0 Å². The van der Waals surface area contributed by atoms with Gasteiger partial charge < -0.3 is 65.5 Å². The van der Waals surface area contributed by atoms with Crippen LogP contribution in [-0.2, 0) is 42.7 Å². The first-order valence-electron chi connectivity index (χ1n) is 24.3. The molecule has 71 heavy (non-hydrogen) atoms. The standard InChI is InChI=1S/C48H78N11O11P/c1-23(70-71(67,68)69)22-55-38(66)16-17-45(6)29(18-35(52)63)43-48(9)47(8,21-37(54)65)28(12-15-34(51)62)40(59-48)25(3)42-46(7,20-36(53)64)26(10-13-32(49)60)30(56-42)19-31-44(4,5)27(11-14-33(50)61)39(57-31)24(2)41(45)58-43/h19,23,26-28,30,40-41,56-59H,10-18,20-22H2,1-9H3,(H2,49,60)(H2,50,61)(H2,51,62)(H2,52,63)(H2,53,64)(H2,54,65)(H,55,66)(H2,67,68,69)/b31-19-,39-24-,42-25-/t23-,26-,27-,28-,30?,40?,41?,45-,46+,47+,48+/m1/s1. The Morgan fingerprint density at radius 1 is 0.732 bits per heavy atom. The molecule has 3 unspecified atom stereocenters. The van der Waals surface area contributed by atoms with Gasteiger partial charge in [-0.3, -0.25) is 43.4 Å². The summed E-state index contributed by atoms with van der Waals surface area (Å²) in [5, 5.41) is 18.0. The van der Waals surface area contributed by atoms with Crippen molar-refractivity contribution < 1.29 is 52.4 Å². The second-order valence-electron chi connectivity index (χ2n) is 22.1. The lowest BCUT2D eigenvalue weighted by Crippen LogP contribution is -2.56. The summed E-state index contributed by atoms with van der Waals surface area (Å²) in [4.78, 5) is 111. The van der Waals surface area contributed by atoms with Gasteiger partial charge in [-0.05, 0) is 88.0 Å². The molecule has 0 radical (unpaired) electrons. The lowest BCUT2D eigenvalue weighted by atomic mass is 9.60. The summed E-state index contributed by atoms with van der Waals surface area (Å²) in [6, 6.07) is -1.90. The minimum absolute atomic E-state index is 0.00631. The van der Waals surface area contributed by atoms with Crippen LogP contribution in [0.1, 0.15) is 133 Å². The van der Waals surface area contributed by atoms with E-state index in [1.807, 2.05) is 55.4 Å². The average molecular weight is 1020 g/mol. The predicted octanol–water partition coefficient (Wildman–Crippen LogP) is 0.674. The summed E-state index contributed by atoms with van der Waals surface area (Å²) in [7, 11) is -4.85. The Morgan fingerprint density at radius 2 is 1.30 bits per heavy atom. The van der Waals surface area contributed by atoms with E-state index in [0.29, 0.717) is 23.4 Å². The van der Waals surface area contributed by atoms with Crippen LogP contribution in [0.25, 0.3) is 0 Å². The number of phosphoric acid groups is 1. The van der Waals surface area contributed by atoms with Crippen molar-refractivity contribution in [1.82, 2.24) is 26.6 Å². The van der Waals surface area contributed by atoms with Crippen LogP contribution in [0.5, 0.6) is 0 Å². The number of fused-ring (bicyclic) bond motifs is 9. The molecular weight excluding hydrogens is 938 g/mol. The molecule has 11 atom stereocenters. The van der Waals surface area contributed by atoms with Crippen molar-refractivity contribution in [2.45, 2.75) is 163 Å². The van der Waals surface area contributed by atoms with Gasteiger partial charge in [-0.15, -0.1) is 0 Å². The molecule has 0 saturated carbocycles. The van der Waals surface area contributed by atoms with Gasteiger partial charge in [-0.25, -0.2) is 4.57 Å². The highest BCUT2D eigenvalue weighted by Crippen LogP contribution is 2.61. The first kappa shape index (κ1) is 56.6. The molecule has 22 nitrogen and oxygen atoms in total. The van der Waals surface area contributed by atoms with Crippen molar-refractivity contribution >= 4 is 49.2 Å². The molecule has 0 spiro atoms. The third-order valence-electron chi connectivity index (χ3n) is 16.9. The number of hydrogen-bond donors (Lipinski definition) is 13. The Balaban J connectivity index is 1.92. The largest absolute Gasteiger partial charge is 0.469 e. The molecule has 8 bridgehead atoms. The number of carbonyl (C=O) groups excluding carboxylic acids is 7. The number of amides is 7. The molecule has 5 rings (SSSR count). The van der Waals surface area contributed by atoms with Gasteiger partial charge in [0.25, 0.3) is 0 Å². The van der Waals surface area contributed by atoms with E-state index in [4.69, 9.17) is 38.9 Å². The Morgan fingerprint density at radius 3 is 1.83 bits per heavy atom. The van der Waals surface area contributed by atoms with E-state index in [9.17, 15) is 47.9 Å². The van der Waals surface area contributed by atoms with Crippen molar-refractivity contribution in [3.8, 4) is 0 Å². The monoisotopic (exact) mass is 1020 g/mol. The summed E-state index contributed by atoms with van der Waals surface area (Å²) in [5.74, 6) is -5.42. The molecule has 19 N–H and O–H groups in total. The van der Waals surface area contributed by atoms with E-state index >= 15 is 0 Å². The van der Waals surface area contributed by atoms with Crippen LogP contribution in [0.15, 0.2) is 45.6 Å². The summed E-state index contributed by atoms with van der Waals surface area (Å²) in [6.07, 6.45) is 1.03. The minimum Gasteiger partial charge on any atom is -0.381 e. The summed E-state index contributed by atoms with van der Waals surface area (Å²) in [5.41, 5.74) is 35.2. The van der Waals surface area contributed by atoms with Gasteiger partial charge in [-0.1, -0.05) is 34.6 Å². The van der Waals surface area contributed by atoms with Crippen molar-refractivity contribution in [3.63, 3.8) is 0 Å². The van der Waals surface area contributed by atoms with Crippen LogP contribution < -0.4 is 61.0 Å². The molecule has 0 aromatic carbocycles. The molecule has 23 heteroatoms. The highest BCUT2D eigenvalue weighted by molar-refractivity contribution is 7.46. The Bertz CT molecular complexity index is 2400. The zero-order chi connectivity index (χ0) is 53.6. The topological polar surface area (TPSA) is 403 Å². The van der Waals surface area contributed by atoms with E-state index in [0.717, 1.165) is 22.5 Å². The van der Waals surface area contributed by atoms with Gasteiger partial charge in [0.15, 0.2) is 0 Å². The van der Waals surface area contributed by atoms with E-state index in [1.165, 1.54) is 6.92 Å². The number of nitrogens with one attached hydrogen (secondary N) is 5. The third kappa shape index (κ3) is 11.4. The van der Waals surface area contributed by atoms with Gasteiger partial charge in [0.05, 0.1) is 24.1 Å². The van der Waals surface area contributed by atoms with Gasteiger partial charge in [0.2, 0.25) is 41.4 Å². The maximum absolute atomic E-state index is 13.8. The number of nitrogens with two attached hydrogens (primary N) is 6. The summed E-state index contributed by atoms with van der Waals surface area (Å²) >= 11 is 0. The maximum atomic E-state index is 13.8. The van der Waals surface area contributed by atoms with Crippen LogP contribution in [-0.4, -0.2) is 87.5 Å². The first-order valence-corrected chi connectivity index (χ1v) is 25.8. The summed E-state index contributed by atoms with van der Waals surface area (Å²) in [6.45, 7) is 16.8. The van der Waals surface area contributed by atoms with Gasteiger partial charge in [0.1, 0.15) is 0 Å². The lowest BCUT2D eigenvalue weighted by Gasteiger charge is -2.45. The van der Waals surface area contributed by atoms with Crippen LogP contribution in [0, 0.1) is 39.4 Å².